The Labute approximate surface area is 103 Å². The average Bonchev–Trinajstić information content (AvgIpc) is 2.76. The summed E-state index contributed by atoms with van der Waals surface area (Å²) in [4.78, 5) is 4.48. The number of hydrogen-bond donors (Lipinski definition) is 1. The Bertz CT molecular complexity index is 324. The zero-order valence-corrected chi connectivity index (χ0v) is 11.1. The number of nitrogens with zero attached hydrogens (tertiary/aromatic N) is 3. The first-order valence-corrected chi connectivity index (χ1v) is 6.49. The Hall–Kier alpha value is -0.940. The SMILES string of the molecule is CCOC(CN)CCn1nc(CC)nc1CC. The first-order chi connectivity index (χ1) is 8.24. The third-order valence-corrected chi connectivity index (χ3v) is 2.75. The Morgan fingerprint density at radius 2 is 2.06 bits per heavy atom. The highest BCUT2D eigenvalue weighted by molar-refractivity contribution is 4.92. The number of aromatic nitrogens is 3. The lowest BCUT2D eigenvalue weighted by atomic mass is 10.2. The van der Waals surface area contributed by atoms with E-state index >= 15 is 0 Å². The van der Waals surface area contributed by atoms with Crippen molar-refractivity contribution in [2.24, 2.45) is 5.73 Å². The van der Waals surface area contributed by atoms with Gasteiger partial charge in [0, 0.05) is 32.5 Å². The average molecular weight is 240 g/mol. The smallest absolute Gasteiger partial charge is 0.150 e. The number of hydrogen-bond acceptors (Lipinski definition) is 4. The van der Waals surface area contributed by atoms with Crippen molar-refractivity contribution in [3.63, 3.8) is 0 Å². The van der Waals surface area contributed by atoms with Crippen molar-refractivity contribution in [1.82, 2.24) is 14.8 Å². The second-order valence-electron chi connectivity index (χ2n) is 3.98. The summed E-state index contributed by atoms with van der Waals surface area (Å²) in [5, 5.41) is 4.48. The van der Waals surface area contributed by atoms with Gasteiger partial charge in [0.1, 0.15) is 5.82 Å². The van der Waals surface area contributed by atoms with Gasteiger partial charge in [0.15, 0.2) is 5.82 Å². The van der Waals surface area contributed by atoms with Crippen LogP contribution >= 0.6 is 0 Å². The van der Waals surface area contributed by atoms with Gasteiger partial charge in [-0.2, -0.15) is 5.10 Å². The van der Waals surface area contributed by atoms with Crippen molar-refractivity contribution >= 4 is 0 Å². The lowest BCUT2D eigenvalue weighted by molar-refractivity contribution is 0.0590. The zero-order chi connectivity index (χ0) is 12.7. The predicted molar refractivity (Wildman–Crippen MR) is 67.9 cm³/mol. The molecular formula is C12H24N4O. The van der Waals surface area contributed by atoms with Crippen LogP contribution in [0.1, 0.15) is 38.8 Å². The lowest BCUT2D eigenvalue weighted by Crippen LogP contribution is -2.25. The Morgan fingerprint density at radius 1 is 1.29 bits per heavy atom. The van der Waals surface area contributed by atoms with E-state index in [0.717, 1.165) is 37.5 Å². The molecular weight excluding hydrogens is 216 g/mol. The molecule has 0 aliphatic carbocycles. The Kier molecular flexibility index (Phi) is 6.15. The summed E-state index contributed by atoms with van der Waals surface area (Å²) in [6, 6.07) is 0. The highest BCUT2D eigenvalue weighted by atomic mass is 16.5. The van der Waals surface area contributed by atoms with E-state index < -0.39 is 0 Å². The van der Waals surface area contributed by atoms with Gasteiger partial charge in [0.25, 0.3) is 0 Å². The summed E-state index contributed by atoms with van der Waals surface area (Å²) in [5.41, 5.74) is 5.65. The van der Waals surface area contributed by atoms with Crippen molar-refractivity contribution in [1.29, 1.82) is 0 Å². The fourth-order valence-corrected chi connectivity index (χ4v) is 1.79. The summed E-state index contributed by atoms with van der Waals surface area (Å²) >= 11 is 0. The van der Waals surface area contributed by atoms with Gasteiger partial charge in [-0.25, -0.2) is 9.67 Å². The van der Waals surface area contributed by atoms with Gasteiger partial charge < -0.3 is 10.5 Å². The van der Waals surface area contributed by atoms with Crippen LogP contribution in [0.25, 0.3) is 0 Å². The summed E-state index contributed by atoms with van der Waals surface area (Å²) in [5.74, 6) is 1.97. The van der Waals surface area contributed by atoms with Crippen LogP contribution in [0.3, 0.4) is 0 Å². The second kappa shape index (κ2) is 7.40. The van der Waals surface area contributed by atoms with E-state index in [1.807, 2.05) is 11.6 Å². The number of rotatable bonds is 8. The molecule has 0 radical (unpaired) electrons. The molecule has 5 heteroatoms. The van der Waals surface area contributed by atoms with Crippen LogP contribution in [0.5, 0.6) is 0 Å². The minimum Gasteiger partial charge on any atom is -0.377 e. The molecule has 1 rings (SSSR count). The van der Waals surface area contributed by atoms with Crippen molar-refractivity contribution in [2.45, 2.75) is 52.7 Å². The maximum atomic E-state index is 5.65. The van der Waals surface area contributed by atoms with Crippen molar-refractivity contribution < 1.29 is 4.74 Å². The van der Waals surface area contributed by atoms with E-state index in [9.17, 15) is 0 Å². The largest absolute Gasteiger partial charge is 0.377 e. The number of ether oxygens (including phenoxy) is 1. The van der Waals surface area contributed by atoms with Gasteiger partial charge in [-0.1, -0.05) is 13.8 Å². The van der Waals surface area contributed by atoms with Crippen LogP contribution in [0.2, 0.25) is 0 Å². The number of aryl methyl sites for hydroxylation is 3. The monoisotopic (exact) mass is 240 g/mol. The first-order valence-electron chi connectivity index (χ1n) is 6.49. The predicted octanol–water partition coefficient (Wildman–Crippen LogP) is 1.16. The third-order valence-electron chi connectivity index (χ3n) is 2.75. The van der Waals surface area contributed by atoms with Crippen LogP contribution in [0.15, 0.2) is 0 Å². The summed E-state index contributed by atoms with van der Waals surface area (Å²) in [6.45, 7) is 8.26. The maximum absolute atomic E-state index is 5.65. The van der Waals surface area contributed by atoms with Crippen LogP contribution in [-0.2, 0) is 24.1 Å². The molecule has 0 saturated carbocycles. The molecule has 1 aromatic rings. The summed E-state index contributed by atoms with van der Waals surface area (Å²) in [6.07, 6.45) is 2.81. The normalized spacial score (nSPS) is 12.9. The van der Waals surface area contributed by atoms with Gasteiger partial charge in [0.05, 0.1) is 6.10 Å². The Morgan fingerprint density at radius 3 is 2.59 bits per heavy atom. The topological polar surface area (TPSA) is 66.0 Å². The second-order valence-corrected chi connectivity index (χ2v) is 3.98. The molecule has 1 heterocycles. The minimum atomic E-state index is 0.124. The molecule has 1 unspecified atom stereocenters. The van der Waals surface area contributed by atoms with E-state index in [1.54, 1.807) is 0 Å². The lowest BCUT2D eigenvalue weighted by Gasteiger charge is -2.14. The standard InChI is InChI=1S/C12H24N4O/c1-4-11-14-12(5-2)16(15-11)8-7-10(9-13)17-6-3/h10H,4-9,13H2,1-3H3. The molecule has 98 valence electrons. The molecule has 0 spiro atoms. The summed E-state index contributed by atoms with van der Waals surface area (Å²) < 4.78 is 7.52. The van der Waals surface area contributed by atoms with Gasteiger partial charge in [-0.05, 0) is 13.3 Å². The van der Waals surface area contributed by atoms with Gasteiger partial charge >= 0.3 is 0 Å². The van der Waals surface area contributed by atoms with E-state index in [1.165, 1.54) is 0 Å². The summed E-state index contributed by atoms with van der Waals surface area (Å²) in [7, 11) is 0. The Balaban J connectivity index is 2.57. The first kappa shape index (κ1) is 14.1. The minimum absolute atomic E-state index is 0.124. The molecule has 2 N–H and O–H groups in total. The van der Waals surface area contributed by atoms with Gasteiger partial charge in [-0.3, -0.25) is 0 Å². The van der Waals surface area contributed by atoms with Crippen LogP contribution in [-0.4, -0.2) is 34.0 Å². The molecule has 0 bridgehead atoms. The molecule has 1 aromatic heterocycles. The fourth-order valence-electron chi connectivity index (χ4n) is 1.79. The van der Waals surface area contributed by atoms with Gasteiger partial charge in [0.2, 0.25) is 0 Å². The number of nitrogens with two attached hydrogens (primary N) is 1. The van der Waals surface area contributed by atoms with Crippen molar-refractivity contribution in [3.8, 4) is 0 Å². The molecule has 0 fully saturated rings. The van der Waals surface area contributed by atoms with Gasteiger partial charge in [-0.15, -0.1) is 0 Å². The molecule has 0 amide bonds. The molecule has 0 aliphatic rings. The molecule has 0 aliphatic heterocycles. The highest BCUT2D eigenvalue weighted by Crippen LogP contribution is 2.05. The maximum Gasteiger partial charge on any atom is 0.150 e. The van der Waals surface area contributed by atoms with Crippen molar-refractivity contribution in [3.05, 3.63) is 11.6 Å². The van der Waals surface area contributed by atoms with Crippen LogP contribution in [0, 0.1) is 0 Å². The highest BCUT2D eigenvalue weighted by Gasteiger charge is 2.10. The molecule has 0 saturated heterocycles. The van der Waals surface area contributed by atoms with Crippen molar-refractivity contribution in [2.75, 3.05) is 13.2 Å². The molecule has 5 nitrogen and oxygen atoms in total. The quantitative estimate of drug-likeness (QED) is 0.740. The zero-order valence-electron chi connectivity index (χ0n) is 11.1. The van der Waals surface area contributed by atoms with E-state index in [4.69, 9.17) is 10.5 Å². The molecule has 17 heavy (non-hydrogen) atoms. The molecule has 1 atom stereocenters. The van der Waals surface area contributed by atoms with E-state index in [0.29, 0.717) is 13.2 Å². The van der Waals surface area contributed by atoms with Crippen LogP contribution < -0.4 is 5.73 Å². The van der Waals surface area contributed by atoms with E-state index in [2.05, 4.69) is 23.9 Å². The molecule has 0 aromatic carbocycles. The van der Waals surface area contributed by atoms with E-state index in [-0.39, 0.29) is 6.10 Å². The van der Waals surface area contributed by atoms with Crippen LogP contribution in [0.4, 0.5) is 0 Å². The third kappa shape index (κ3) is 4.09. The fraction of sp³-hybridized carbons (Fsp3) is 0.833.